The number of aromatic amines is 1. The zero-order valence-electron chi connectivity index (χ0n) is 22.2. The molecular weight excluding hydrogens is 491 g/mol. The molecule has 2 heterocycles. The number of halogens is 3. The standard InChI is InChI=1S/C30H32F3N3O2/c1-18(2)20-11-13-22(14-12-20)36-27(38)25(19(3)34-36)29(30(31,32)33)17-35(21-9-7-6-8-10-21)23-15-28(4,5)16-24(37)26(23)29/h6-14,18,34H,15-17H2,1-5H3. The van der Waals surface area contributed by atoms with Crippen LogP contribution in [0.25, 0.3) is 5.69 Å². The molecule has 5 nitrogen and oxygen atoms in total. The summed E-state index contributed by atoms with van der Waals surface area (Å²) in [4.78, 5) is 29.1. The van der Waals surface area contributed by atoms with E-state index in [2.05, 4.69) is 5.10 Å². The molecule has 2 aromatic carbocycles. The molecule has 0 bridgehead atoms. The van der Waals surface area contributed by atoms with Crippen LogP contribution in [0.4, 0.5) is 18.9 Å². The van der Waals surface area contributed by atoms with Crippen molar-refractivity contribution >= 4 is 11.5 Å². The predicted octanol–water partition coefficient (Wildman–Crippen LogP) is 6.56. The average molecular weight is 524 g/mol. The van der Waals surface area contributed by atoms with E-state index in [1.54, 1.807) is 47.4 Å². The van der Waals surface area contributed by atoms with Gasteiger partial charge >= 0.3 is 6.18 Å². The van der Waals surface area contributed by atoms with E-state index >= 15 is 13.2 Å². The van der Waals surface area contributed by atoms with Crippen LogP contribution in [0.2, 0.25) is 0 Å². The van der Waals surface area contributed by atoms with Gasteiger partial charge in [-0.2, -0.15) is 13.2 Å². The Morgan fingerprint density at radius 1 is 0.921 bits per heavy atom. The van der Waals surface area contributed by atoms with Gasteiger partial charge in [-0.3, -0.25) is 14.7 Å². The Hall–Kier alpha value is -3.55. The third kappa shape index (κ3) is 3.92. The van der Waals surface area contributed by atoms with Gasteiger partial charge in [0.15, 0.2) is 5.78 Å². The van der Waals surface area contributed by atoms with Crippen LogP contribution in [0.1, 0.15) is 63.3 Å². The largest absolute Gasteiger partial charge is 0.404 e. The highest BCUT2D eigenvalue weighted by atomic mass is 19.4. The number of benzene rings is 2. The van der Waals surface area contributed by atoms with Crippen LogP contribution in [0, 0.1) is 12.3 Å². The Bertz CT molecular complexity index is 1480. The molecule has 1 atom stereocenters. The van der Waals surface area contributed by atoms with Crippen molar-refractivity contribution in [3.63, 3.8) is 0 Å². The Labute approximate surface area is 220 Å². The van der Waals surface area contributed by atoms with Gasteiger partial charge in [-0.05, 0) is 54.5 Å². The lowest BCUT2D eigenvalue weighted by molar-refractivity contribution is -0.177. The number of allylic oxidation sites excluding steroid dienone is 1. The van der Waals surface area contributed by atoms with Gasteiger partial charge in [0.2, 0.25) is 0 Å². The second-order valence-corrected chi connectivity index (χ2v) is 11.6. The third-order valence-corrected chi connectivity index (χ3v) is 7.87. The molecular formula is C30H32F3N3O2. The van der Waals surface area contributed by atoms with Gasteiger partial charge in [-0.1, -0.05) is 58.0 Å². The fourth-order valence-electron chi connectivity index (χ4n) is 6.09. The zero-order valence-corrected chi connectivity index (χ0v) is 22.2. The summed E-state index contributed by atoms with van der Waals surface area (Å²) in [6, 6.07) is 16.0. The Morgan fingerprint density at radius 3 is 2.13 bits per heavy atom. The van der Waals surface area contributed by atoms with Gasteiger partial charge in [0.05, 0.1) is 11.3 Å². The van der Waals surface area contributed by atoms with Gasteiger partial charge in [-0.25, -0.2) is 4.68 Å². The van der Waals surface area contributed by atoms with Gasteiger partial charge < -0.3 is 4.90 Å². The number of para-hydroxylation sites is 1. The van der Waals surface area contributed by atoms with Crippen molar-refractivity contribution in [2.24, 2.45) is 5.41 Å². The number of aromatic nitrogens is 2. The highest BCUT2D eigenvalue weighted by Crippen LogP contribution is 2.57. The number of aryl methyl sites for hydroxylation is 1. The van der Waals surface area contributed by atoms with Crippen LogP contribution < -0.4 is 10.5 Å². The molecule has 0 saturated heterocycles. The molecule has 38 heavy (non-hydrogen) atoms. The fourth-order valence-corrected chi connectivity index (χ4v) is 6.09. The van der Waals surface area contributed by atoms with E-state index in [1.807, 2.05) is 39.8 Å². The number of carbonyl (C=O) groups excluding carboxylic acids is 1. The molecule has 0 amide bonds. The van der Waals surface area contributed by atoms with Crippen molar-refractivity contribution in [2.75, 3.05) is 11.4 Å². The molecule has 3 aromatic rings. The molecule has 1 aliphatic carbocycles. The monoisotopic (exact) mass is 523 g/mol. The molecule has 1 unspecified atom stereocenters. The summed E-state index contributed by atoms with van der Waals surface area (Å²) in [6.45, 7) is 8.77. The first-order valence-electron chi connectivity index (χ1n) is 12.9. The van der Waals surface area contributed by atoms with Crippen LogP contribution >= 0.6 is 0 Å². The van der Waals surface area contributed by atoms with E-state index in [-0.39, 0.29) is 23.6 Å². The molecule has 0 radical (unpaired) electrons. The van der Waals surface area contributed by atoms with Gasteiger partial charge in [-0.15, -0.1) is 0 Å². The number of ketones is 1. The number of hydrogen-bond donors (Lipinski definition) is 1. The highest BCUT2D eigenvalue weighted by Gasteiger charge is 2.67. The molecule has 200 valence electrons. The van der Waals surface area contributed by atoms with Crippen LogP contribution in [0.3, 0.4) is 0 Å². The number of nitrogens with zero attached hydrogens (tertiary/aromatic N) is 2. The summed E-state index contributed by atoms with van der Waals surface area (Å²) in [5.41, 5.74) is -2.27. The second-order valence-electron chi connectivity index (χ2n) is 11.6. The van der Waals surface area contributed by atoms with E-state index in [0.717, 1.165) is 10.2 Å². The Kier molecular flexibility index (Phi) is 6.00. The molecule has 1 N–H and O–H groups in total. The number of nitrogens with one attached hydrogen (secondary N) is 1. The molecule has 0 fully saturated rings. The summed E-state index contributed by atoms with van der Waals surface area (Å²) in [5.74, 6) is -0.288. The lowest BCUT2D eigenvalue weighted by Crippen LogP contribution is -2.52. The predicted molar refractivity (Wildman–Crippen MR) is 142 cm³/mol. The molecule has 0 saturated carbocycles. The summed E-state index contributed by atoms with van der Waals surface area (Å²) in [5, 5.41) is 2.88. The maximum Gasteiger partial charge on any atom is 0.404 e. The molecule has 1 aliphatic heterocycles. The molecule has 0 spiro atoms. The third-order valence-electron chi connectivity index (χ3n) is 7.87. The summed E-state index contributed by atoms with van der Waals surface area (Å²) in [7, 11) is 0. The zero-order chi connectivity index (χ0) is 27.6. The Morgan fingerprint density at radius 2 is 1.55 bits per heavy atom. The minimum Gasteiger partial charge on any atom is -0.343 e. The topological polar surface area (TPSA) is 58.1 Å². The number of carbonyl (C=O) groups is 1. The maximum absolute atomic E-state index is 15.5. The van der Waals surface area contributed by atoms with Crippen molar-refractivity contribution in [3.05, 3.63) is 93.0 Å². The lowest BCUT2D eigenvalue weighted by Gasteiger charge is -2.36. The molecule has 2 aliphatic rings. The summed E-state index contributed by atoms with van der Waals surface area (Å²) < 4.78 is 47.6. The van der Waals surface area contributed by atoms with E-state index in [9.17, 15) is 9.59 Å². The van der Waals surface area contributed by atoms with Crippen molar-refractivity contribution < 1.29 is 18.0 Å². The normalized spacial score (nSPS) is 21.4. The second kappa shape index (κ2) is 8.75. The van der Waals surface area contributed by atoms with Crippen LogP contribution in [0.15, 0.2) is 70.7 Å². The lowest BCUT2D eigenvalue weighted by atomic mass is 9.67. The number of hydrogen-bond acceptors (Lipinski definition) is 3. The van der Waals surface area contributed by atoms with Crippen molar-refractivity contribution in [1.29, 1.82) is 0 Å². The Balaban J connectivity index is 1.77. The number of alkyl halides is 3. The number of rotatable bonds is 4. The van der Waals surface area contributed by atoms with Gasteiger partial charge in [0.25, 0.3) is 5.56 Å². The van der Waals surface area contributed by atoms with E-state index in [1.165, 1.54) is 6.92 Å². The fraction of sp³-hybridized carbons (Fsp3) is 0.400. The summed E-state index contributed by atoms with van der Waals surface area (Å²) in [6.07, 6.45) is -4.60. The smallest absolute Gasteiger partial charge is 0.343 e. The summed E-state index contributed by atoms with van der Waals surface area (Å²) >= 11 is 0. The number of H-pyrrole nitrogens is 1. The minimum absolute atomic E-state index is 0.0133. The number of anilines is 1. The molecule has 8 heteroatoms. The van der Waals surface area contributed by atoms with Gasteiger partial charge in [0.1, 0.15) is 5.41 Å². The van der Waals surface area contributed by atoms with E-state index in [4.69, 9.17) is 0 Å². The maximum atomic E-state index is 15.5. The quantitative estimate of drug-likeness (QED) is 0.421. The van der Waals surface area contributed by atoms with Gasteiger partial charge in [0, 0.05) is 35.6 Å². The van der Waals surface area contributed by atoms with Crippen LogP contribution in [-0.4, -0.2) is 28.3 Å². The van der Waals surface area contributed by atoms with E-state index < -0.39 is 40.5 Å². The van der Waals surface area contributed by atoms with E-state index in [0.29, 0.717) is 23.5 Å². The first-order chi connectivity index (χ1) is 17.8. The van der Waals surface area contributed by atoms with Crippen molar-refractivity contribution in [3.8, 4) is 5.69 Å². The minimum atomic E-state index is -4.89. The first kappa shape index (κ1) is 26.1. The molecule has 5 rings (SSSR count). The number of Topliss-reactive ketones (excluding diaryl/α,β-unsaturated/α-hetero) is 1. The van der Waals surface area contributed by atoms with Crippen LogP contribution in [-0.2, 0) is 10.2 Å². The average Bonchev–Trinajstić information content (AvgIpc) is 3.33. The van der Waals surface area contributed by atoms with Crippen molar-refractivity contribution in [2.45, 2.75) is 65.0 Å². The van der Waals surface area contributed by atoms with Crippen LogP contribution in [0.5, 0.6) is 0 Å². The first-order valence-corrected chi connectivity index (χ1v) is 12.9. The molecule has 1 aromatic heterocycles. The SMILES string of the molecule is Cc1[nH]n(-c2ccc(C(C)C)cc2)c(=O)c1C1(C(F)(F)F)CN(c2ccccc2)C2=C1C(=O)CC(C)(C)C2. The highest BCUT2D eigenvalue weighted by molar-refractivity contribution is 6.02. The van der Waals surface area contributed by atoms with Crippen molar-refractivity contribution in [1.82, 2.24) is 9.78 Å².